The second-order valence-electron chi connectivity index (χ2n) is 5.60. The van der Waals surface area contributed by atoms with E-state index in [2.05, 4.69) is 47.0 Å². The van der Waals surface area contributed by atoms with Gasteiger partial charge in [0.25, 0.3) is 0 Å². The molecule has 0 amide bonds. The van der Waals surface area contributed by atoms with E-state index in [-0.39, 0.29) is 5.57 Å². The van der Waals surface area contributed by atoms with Gasteiger partial charge in [0, 0.05) is 18.7 Å². The van der Waals surface area contributed by atoms with Crippen LogP contribution in [0.2, 0.25) is 0 Å². The molecule has 3 heterocycles. The average molecular weight is 349 g/mol. The van der Waals surface area contributed by atoms with Crippen LogP contribution in [0.3, 0.4) is 0 Å². The van der Waals surface area contributed by atoms with E-state index in [0.29, 0.717) is 0 Å². The first-order chi connectivity index (χ1) is 11.7. The molecule has 3 nitrogen and oxygen atoms in total. The molecule has 1 fully saturated rings. The van der Waals surface area contributed by atoms with Gasteiger partial charge in [-0.3, -0.25) is 4.90 Å². The van der Waals surface area contributed by atoms with Gasteiger partial charge in [-0.2, -0.15) is 33.2 Å². The molecule has 3 rings (SSSR count). The van der Waals surface area contributed by atoms with E-state index in [4.69, 9.17) is 0 Å². The lowest BCUT2D eigenvalue weighted by Gasteiger charge is -2.30. The van der Waals surface area contributed by atoms with Gasteiger partial charge in [0.1, 0.15) is 17.7 Å². The minimum Gasteiger partial charge on any atom is -0.298 e. The van der Waals surface area contributed by atoms with Crippen LogP contribution in [-0.2, 0) is 0 Å². The summed E-state index contributed by atoms with van der Waals surface area (Å²) in [5.41, 5.74) is 5.21. The molecule has 1 aliphatic rings. The van der Waals surface area contributed by atoms with Crippen LogP contribution in [0.15, 0.2) is 55.9 Å². The first kappa shape index (κ1) is 16.4. The molecule has 0 spiro atoms. The lowest BCUT2D eigenvalue weighted by molar-refractivity contribution is 0.385. The summed E-state index contributed by atoms with van der Waals surface area (Å²) in [7, 11) is 2.05. The molecule has 0 atom stereocenters. The maximum Gasteiger partial charge on any atom is 0.137 e. The van der Waals surface area contributed by atoms with Gasteiger partial charge in [-0.25, -0.2) is 0 Å². The lowest BCUT2D eigenvalue weighted by atomic mass is 9.87. The summed E-state index contributed by atoms with van der Waals surface area (Å²) < 4.78 is 0. The van der Waals surface area contributed by atoms with E-state index in [1.165, 1.54) is 0 Å². The average Bonchev–Trinajstić information content (AvgIpc) is 3.24. The number of piperidine rings is 1. The summed E-state index contributed by atoms with van der Waals surface area (Å²) in [5.74, 6) is 0. The third-order valence-corrected chi connectivity index (χ3v) is 5.17. The van der Waals surface area contributed by atoms with Gasteiger partial charge in [-0.1, -0.05) is 0 Å². The summed E-state index contributed by atoms with van der Waals surface area (Å²) >= 11 is 3.27. The van der Waals surface area contributed by atoms with Crippen LogP contribution in [0.5, 0.6) is 0 Å². The molecule has 0 bridgehead atoms. The fourth-order valence-corrected chi connectivity index (χ4v) is 4.05. The summed E-state index contributed by atoms with van der Waals surface area (Å²) in [6.07, 6.45) is 4.16. The minimum atomic E-state index is 0.186. The van der Waals surface area contributed by atoms with Crippen LogP contribution >= 0.6 is 22.7 Å². The Bertz CT molecular complexity index is 813. The summed E-state index contributed by atoms with van der Waals surface area (Å²) in [6.45, 7) is 1.44. The van der Waals surface area contributed by atoms with Crippen molar-refractivity contribution in [3.05, 3.63) is 67.1 Å². The van der Waals surface area contributed by atoms with E-state index in [0.717, 1.165) is 40.9 Å². The van der Waals surface area contributed by atoms with Crippen molar-refractivity contribution >= 4 is 34.8 Å². The van der Waals surface area contributed by atoms with E-state index < -0.39 is 0 Å². The third-order valence-electron chi connectivity index (χ3n) is 3.76. The molecule has 0 unspecified atom stereocenters. The normalized spacial score (nSPS) is 18.5. The monoisotopic (exact) mass is 349 g/mol. The zero-order chi connectivity index (χ0) is 16.9. The third kappa shape index (κ3) is 3.55. The SMILES string of the molecule is CN1CC(=Cc2ccsc2)C(=C(C#N)C#N)C(=Cc2ccsc2)C1. The molecule has 1 aliphatic heterocycles. The maximum atomic E-state index is 9.44. The fourth-order valence-electron chi connectivity index (χ4n) is 2.81. The molecule has 2 aromatic heterocycles. The summed E-state index contributed by atoms with van der Waals surface area (Å²) in [4.78, 5) is 2.20. The fraction of sp³-hybridized carbons (Fsp3) is 0.158. The molecule has 1 saturated heterocycles. The quantitative estimate of drug-likeness (QED) is 0.747. The minimum absolute atomic E-state index is 0.186. The predicted molar refractivity (Wildman–Crippen MR) is 100 cm³/mol. The van der Waals surface area contributed by atoms with Crippen molar-refractivity contribution in [2.75, 3.05) is 20.1 Å². The molecule has 2 aromatic rings. The van der Waals surface area contributed by atoms with Crippen molar-refractivity contribution in [1.29, 1.82) is 10.5 Å². The molecule has 0 aliphatic carbocycles. The Hall–Kier alpha value is -2.44. The number of likely N-dealkylation sites (tertiary alicyclic amines) is 1. The van der Waals surface area contributed by atoms with E-state index in [1.807, 2.05) is 22.9 Å². The van der Waals surface area contributed by atoms with Crippen LogP contribution in [-0.4, -0.2) is 25.0 Å². The van der Waals surface area contributed by atoms with Crippen LogP contribution < -0.4 is 0 Å². The zero-order valence-electron chi connectivity index (χ0n) is 13.2. The van der Waals surface area contributed by atoms with Crippen molar-refractivity contribution < 1.29 is 0 Å². The molecule has 0 radical (unpaired) electrons. The number of rotatable bonds is 2. The molecule has 0 saturated carbocycles. The highest BCUT2D eigenvalue weighted by atomic mass is 32.1. The lowest BCUT2D eigenvalue weighted by Crippen LogP contribution is -2.31. The van der Waals surface area contributed by atoms with Crippen LogP contribution in [0.1, 0.15) is 11.1 Å². The Kier molecular flexibility index (Phi) is 5.08. The highest BCUT2D eigenvalue weighted by Gasteiger charge is 2.24. The number of thiophene rings is 2. The Morgan fingerprint density at radius 2 is 1.50 bits per heavy atom. The predicted octanol–water partition coefficient (Wildman–Crippen LogP) is 4.57. The Morgan fingerprint density at radius 1 is 1.00 bits per heavy atom. The number of likely N-dealkylation sites (N-methyl/N-ethyl adjacent to an activating group) is 1. The maximum absolute atomic E-state index is 9.44. The summed E-state index contributed by atoms with van der Waals surface area (Å²) in [6, 6.07) is 8.25. The van der Waals surface area contributed by atoms with Crippen LogP contribution in [0.25, 0.3) is 12.2 Å². The Morgan fingerprint density at radius 3 is 1.88 bits per heavy atom. The number of hydrogen-bond donors (Lipinski definition) is 0. The van der Waals surface area contributed by atoms with E-state index >= 15 is 0 Å². The van der Waals surface area contributed by atoms with Gasteiger partial charge < -0.3 is 0 Å². The van der Waals surface area contributed by atoms with Crippen molar-refractivity contribution in [2.24, 2.45) is 0 Å². The van der Waals surface area contributed by atoms with Crippen molar-refractivity contribution in [2.45, 2.75) is 0 Å². The molecule has 0 N–H and O–H groups in total. The zero-order valence-corrected chi connectivity index (χ0v) is 14.8. The highest BCUT2D eigenvalue weighted by Crippen LogP contribution is 2.32. The number of nitriles is 2. The van der Waals surface area contributed by atoms with Crippen molar-refractivity contribution in [3.63, 3.8) is 0 Å². The van der Waals surface area contributed by atoms with Gasteiger partial charge >= 0.3 is 0 Å². The Balaban J connectivity index is 2.16. The molecular formula is C19H15N3S2. The molecule has 5 heteroatoms. The van der Waals surface area contributed by atoms with Crippen molar-refractivity contribution in [3.8, 4) is 12.1 Å². The summed E-state index contributed by atoms with van der Waals surface area (Å²) in [5, 5.41) is 27.1. The van der Waals surface area contributed by atoms with Gasteiger partial charge in [-0.15, -0.1) is 0 Å². The first-order valence-corrected chi connectivity index (χ1v) is 9.29. The number of nitrogens with zero attached hydrogens (tertiary/aromatic N) is 3. The van der Waals surface area contributed by atoms with Gasteiger partial charge in [0.15, 0.2) is 0 Å². The van der Waals surface area contributed by atoms with E-state index in [9.17, 15) is 10.5 Å². The van der Waals surface area contributed by atoms with Crippen LogP contribution in [0.4, 0.5) is 0 Å². The van der Waals surface area contributed by atoms with Crippen LogP contribution in [0, 0.1) is 22.7 Å². The molecule has 24 heavy (non-hydrogen) atoms. The molecular weight excluding hydrogens is 334 g/mol. The highest BCUT2D eigenvalue weighted by molar-refractivity contribution is 7.08. The van der Waals surface area contributed by atoms with Gasteiger partial charge in [0.05, 0.1) is 0 Å². The Labute approximate surface area is 149 Å². The standard InChI is InChI=1S/C19H15N3S2/c1-22-10-16(6-14-2-4-23-12-14)19(18(8-20)9-21)17(11-22)7-15-3-5-24-13-15/h2-7,12-13H,10-11H2,1H3. The topological polar surface area (TPSA) is 50.8 Å². The largest absolute Gasteiger partial charge is 0.298 e. The second kappa shape index (κ2) is 7.42. The van der Waals surface area contributed by atoms with E-state index in [1.54, 1.807) is 22.7 Å². The number of hydrogen-bond acceptors (Lipinski definition) is 5. The molecule has 118 valence electrons. The van der Waals surface area contributed by atoms with Gasteiger partial charge in [0.2, 0.25) is 0 Å². The number of allylic oxidation sites excluding steroid dienone is 1. The second-order valence-corrected chi connectivity index (χ2v) is 7.16. The van der Waals surface area contributed by atoms with Gasteiger partial charge in [-0.05, 0) is 75.1 Å². The molecule has 0 aromatic carbocycles. The first-order valence-electron chi connectivity index (χ1n) is 7.40. The van der Waals surface area contributed by atoms with Crippen molar-refractivity contribution in [1.82, 2.24) is 4.90 Å². The smallest absolute Gasteiger partial charge is 0.137 e.